The fourth-order valence-electron chi connectivity index (χ4n) is 2.30. The third-order valence-corrected chi connectivity index (χ3v) is 5.06. The number of hydrazine groups is 1. The van der Waals surface area contributed by atoms with Crippen molar-refractivity contribution in [2.24, 2.45) is 0 Å². The van der Waals surface area contributed by atoms with Gasteiger partial charge in [0.15, 0.2) is 6.10 Å². The highest BCUT2D eigenvalue weighted by molar-refractivity contribution is 7.14. The zero-order valence-electron chi connectivity index (χ0n) is 15.4. The maximum atomic E-state index is 12.1. The maximum Gasteiger partial charge on any atom is 0.279 e. The Balaban J connectivity index is 1.85. The second kappa shape index (κ2) is 9.24. The Morgan fingerprint density at radius 1 is 1.12 bits per heavy atom. The monoisotopic (exact) mass is 376 g/mol. The van der Waals surface area contributed by atoms with E-state index < -0.39 is 12.0 Å². The molecule has 2 amide bonds. The number of thiophene rings is 1. The number of hydrogen-bond acceptors (Lipinski definition) is 5. The summed E-state index contributed by atoms with van der Waals surface area (Å²) < 4.78 is 10.9. The minimum absolute atomic E-state index is 0.334. The van der Waals surface area contributed by atoms with E-state index in [2.05, 4.69) is 10.9 Å². The van der Waals surface area contributed by atoms with Gasteiger partial charge in [-0.25, -0.2) is 0 Å². The summed E-state index contributed by atoms with van der Waals surface area (Å²) in [7, 11) is 0. The number of rotatable bonds is 7. The predicted molar refractivity (Wildman–Crippen MR) is 102 cm³/mol. The molecular formula is C19H24N2O4S. The van der Waals surface area contributed by atoms with E-state index >= 15 is 0 Å². The SMILES string of the molecule is CCOc1ccc(OC(C)C(=O)NNC(=O)c2cc(C)c(CC)s2)cc1. The van der Waals surface area contributed by atoms with Crippen LogP contribution >= 0.6 is 11.3 Å². The number of carbonyl (C=O) groups excluding carboxylic acids is 2. The van der Waals surface area contributed by atoms with Gasteiger partial charge in [0.05, 0.1) is 11.5 Å². The zero-order valence-corrected chi connectivity index (χ0v) is 16.2. The molecule has 2 N–H and O–H groups in total. The molecule has 1 aromatic carbocycles. The Hall–Kier alpha value is -2.54. The van der Waals surface area contributed by atoms with Gasteiger partial charge in [-0.15, -0.1) is 11.3 Å². The molecule has 26 heavy (non-hydrogen) atoms. The summed E-state index contributed by atoms with van der Waals surface area (Å²) >= 11 is 1.43. The first-order valence-corrected chi connectivity index (χ1v) is 9.35. The van der Waals surface area contributed by atoms with Crippen molar-refractivity contribution >= 4 is 23.2 Å². The smallest absolute Gasteiger partial charge is 0.279 e. The number of hydrogen-bond donors (Lipinski definition) is 2. The van der Waals surface area contributed by atoms with Crippen LogP contribution in [0.15, 0.2) is 30.3 Å². The van der Waals surface area contributed by atoms with Gasteiger partial charge in [-0.05, 0) is 63.1 Å². The average Bonchev–Trinajstić information content (AvgIpc) is 3.02. The first kappa shape index (κ1) is 19.8. The molecule has 2 aromatic rings. The van der Waals surface area contributed by atoms with Crippen molar-refractivity contribution in [3.8, 4) is 11.5 Å². The summed E-state index contributed by atoms with van der Waals surface area (Å²) in [6.07, 6.45) is 0.118. The third-order valence-electron chi connectivity index (χ3n) is 3.68. The van der Waals surface area contributed by atoms with Gasteiger partial charge in [0.1, 0.15) is 11.5 Å². The molecule has 0 saturated carbocycles. The van der Waals surface area contributed by atoms with Crippen molar-refractivity contribution in [1.29, 1.82) is 0 Å². The topological polar surface area (TPSA) is 76.7 Å². The third kappa shape index (κ3) is 5.23. The van der Waals surface area contributed by atoms with Gasteiger partial charge in [0, 0.05) is 4.88 Å². The van der Waals surface area contributed by atoms with Crippen molar-refractivity contribution in [2.45, 2.75) is 40.2 Å². The van der Waals surface area contributed by atoms with Crippen LogP contribution < -0.4 is 20.3 Å². The van der Waals surface area contributed by atoms with E-state index in [4.69, 9.17) is 9.47 Å². The maximum absolute atomic E-state index is 12.1. The Bertz CT molecular complexity index is 755. The predicted octanol–water partition coefficient (Wildman–Crippen LogP) is 3.25. The van der Waals surface area contributed by atoms with Crippen LogP contribution in [-0.2, 0) is 11.2 Å². The van der Waals surface area contributed by atoms with E-state index in [1.165, 1.54) is 11.3 Å². The largest absolute Gasteiger partial charge is 0.494 e. The molecule has 1 heterocycles. The van der Waals surface area contributed by atoms with E-state index in [-0.39, 0.29) is 5.91 Å². The Kier molecular flexibility index (Phi) is 7.03. The Labute approximate surface area is 157 Å². The molecule has 0 aliphatic rings. The Morgan fingerprint density at radius 3 is 2.35 bits per heavy atom. The molecule has 140 valence electrons. The Morgan fingerprint density at radius 2 is 1.77 bits per heavy atom. The van der Waals surface area contributed by atoms with Crippen LogP contribution in [0.1, 0.15) is 40.9 Å². The molecule has 0 aliphatic carbocycles. The second-order valence-electron chi connectivity index (χ2n) is 5.68. The highest BCUT2D eigenvalue weighted by atomic mass is 32.1. The molecule has 0 radical (unpaired) electrons. The fraction of sp³-hybridized carbons (Fsp3) is 0.368. The summed E-state index contributed by atoms with van der Waals surface area (Å²) in [4.78, 5) is 26.0. The molecule has 7 heteroatoms. The second-order valence-corrected chi connectivity index (χ2v) is 6.82. The lowest BCUT2D eigenvalue weighted by atomic mass is 10.2. The van der Waals surface area contributed by atoms with Gasteiger partial charge >= 0.3 is 0 Å². The van der Waals surface area contributed by atoms with Crippen molar-refractivity contribution in [2.75, 3.05) is 6.61 Å². The summed E-state index contributed by atoms with van der Waals surface area (Å²) in [5.74, 6) is 0.515. The lowest BCUT2D eigenvalue weighted by molar-refractivity contribution is -0.128. The number of carbonyl (C=O) groups is 2. The van der Waals surface area contributed by atoms with E-state index in [1.807, 2.05) is 26.8 Å². The van der Waals surface area contributed by atoms with Crippen LogP contribution in [0.3, 0.4) is 0 Å². The van der Waals surface area contributed by atoms with Gasteiger partial charge in [0.25, 0.3) is 11.8 Å². The average molecular weight is 376 g/mol. The molecule has 6 nitrogen and oxygen atoms in total. The molecule has 1 aromatic heterocycles. The number of benzene rings is 1. The van der Waals surface area contributed by atoms with Gasteiger partial charge in [-0.1, -0.05) is 6.92 Å². The van der Waals surface area contributed by atoms with E-state index in [9.17, 15) is 9.59 Å². The van der Waals surface area contributed by atoms with Gasteiger partial charge < -0.3 is 9.47 Å². The fourth-order valence-corrected chi connectivity index (χ4v) is 3.31. The lowest BCUT2D eigenvalue weighted by Crippen LogP contribution is -2.47. The summed E-state index contributed by atoms with van der Waals surface area (Å²) in [5, 5.41) is 0. The van der Waals surface area contributed by atoms with Crippen molar-refractivity contribution < 1.29 is 19.1 Å². The van der Waals surface area contributed by atoms with Gasteiger partial charge in [0.2, 0.25) is 0 Å². The normalized spacial score (nSPS) is 11.5. The highest BCUT2D eigenvalue weighted by Crippen LogP contribution is 2.22. The number of aryl methyl sites for hydroxylation is 2. The first-order valence-electron chi connectivity index (χ1n) is 8.53. The van der Waals surface area contributed by atoms with E-state index in [1.54, 1.807) is 31.2 Å². The van der Waals surface area contributed by atoms with Gasteiger partial charge in [-0.3, -0.25) is 20.4 Å². The molecule has 0 spiro atoms. The zero-order chi connectivity index (χ0) is 19.1. The molecule has 1 unspecified atom stereocenters. The van der Waals surface area contributed by atoms with E-state index in [0.717, 1.165) is 22.6 Å². The molecule has 0 bridgehead atoms. The van der Waals surface area contributed by atoms with Crippen LogP contribution in [-0.4, -0.2) is 24.5 Å². The van der Waals surface area contributed by atoms with E-state index in [0.29, 0.717) is 17.2 Å². The molecule has 0 fully saturated rings. The van der Waals surface area contributed by atoms with Crippen LogP contribution in [0, 0.1) is 6.92 Å². The summed E-state index contributed by atoms with van der Waals surface area (Å²) in [6.45, 7) is 8.12. The van der Waals surface area contributed by atoms with Crippen LogP contribution in [0.5, 0.6) is 11.5 Å². The van der Waals surface area contributed by atoms with Gasteiger partial charge in [-0.2, -0.15) is 0 Å². The van der Waals surface area contributed by atoms with Crippen LogP contribution in [0.2, 0.25) is 0 Å². The minimum Gasteiger partial charge on any atom is -0.494 e. The number of nitrogens with one attached hydrogen (secondary N) is 2. The molecule has 0 aliphatic heterocycles. The van der Waals surface area contributed by atoms with Crippen molar-refractivity contribution in [3.63, 3.8) is 0 Å². The molecule has 1 atom stereocenters. The molecule has 2 rings (SSSR count). The first-order chi connectivity index (χ1) is 12.4. The summed E-state index contributed by atoms with van der Waals surface area (Å²) in [6, 6.07) is 8.83. The quantitative estimate of drug-likeness (QED) is 0.728. The summed E-state index contributed by atoms with van der Waals surface area (Å²) in [5.41, 5.74) is 5.91. The van der Waals surface area contributed by atoms with Crippen LogP contribution in [0.4, 0.5) is 0 Å². The van der Waals surface area contributed by atoms with Crippen molar-refractivity contribution in [3.05, 3.63) is 45.6 Å². The molecular weight excluding hydrogens is 352 g/mol. The number of amides is 2. The lowest BCUT2D eigenvalue weighted by Gasteiger charge is -2.15. The molecule has 0 saturated heterocycles. The number of ether oxygens (including phenoxy) is 2. The van der Waals surface area contributed by atoms with Crippen molar-refractivity contribution in [1.82, 2.24) is 10.9 Å². The standard InChI is InChI=1S/C19H24N2O4S/c1-5-16-12(3)11-17(26-16)19(23)21-20-18(22)13(4)25-15-9-7-14(8-10-15)24-6-2/h7-11,13H,5-6H2,1-4H3,(H,20,22)(H,21,23). The highest BCUT2D eigenvalue weighted by Gasteiger charge is 2.17. The minimum atomic E-state index is -0.760. The van der Waals surface area contributed by atoms with Crippen LogP contribution in [0.25, 0.3) is 0 Å².